The Morgan fingerprint density at radius 1 is 1.05 bits per heavy atom. The minimum Gasteiger partial charge on any atom is -0.457 e. The molecule has 0 heterocycles. The molecule has 0 bridgehead atoms. The Bertz CT molecular complexity index is 599. The predicted molar refractivity (Wildman–Crippen MR) is 70.7 cm³/mol. The van der Waals surface area contributed by atoms with Gasteiger partial charge in [-0.3, -0.25) is 0 Å². The molecule has 100 valence electrons. The van der Waals surface area contributed by atoms with Gasteiger partial charge >= 0.3 is 6.18 Å². The minimum absolute atomic E-state index is 0.0699. The lowest BCUT2D eigenvalue weighted by Crippen LogP contribution is -2.08. The largest absolute Gasteiger partial charge is 0.457 e. The average molecular weight is 352 g/mol. The Morgan fingerprint density at radius 3 is 2.37 bits per heavy atom. The van der Waals surface area contributed by atoms with Gasteiger partial charge in [0.2, 0.25) is 0 Å². The first-order chi connectivity index (χ1) is 8.88. The first kappa shape index (κ1) is 14.2. The maximum absolute atomic E-state index is 13.0. The van der Waals surface area contributed by atoms with Crippen LogP contribution in [0.25, 0.3) is 0 Å². The smallest absolute Gasteiger partial charge is 0.421 e. The first-order valence-corrected chi connectivity index (χ1v) is 6.34. The highest BCUT2D eigenvalue weighted by molar-refractivity contribution is 9.10. The number of hydrogen-bond acceptors (Lipinski definition) is 1. The zero-order chi connectivity index (χ0) is 14.0. The zero-order valence-corrected chi connectivity index (χ0v) is 11.7. The van der Waals surface area contributed by atoms with E-state index >= 15 is 0 Å². The van der Waals surface area contributed by atoms with E-state index in [2.05, 4.69) is 15.9 Å². The Hall–Kier alpha value is -1.20. The molecule has 0 saturated heterocycles. The third kappa shape index (κ3) is 3.42. The van der Waals surface area contributed by atoms with Crippen molar-refractivity contribution in [2.75, 3.05) is 0 Å². The van der Waals surface area contributed by atoms with Gasteiger partial charge in [-0.15, -0.1) is 0 Å². The second-order valence-electron chi connectivity index (χ2n) is 3.67. The summed E-state index contributed by atoms with van der Waals surface area (Å²) in [4.78, 5) is 0. The number of rotatable bonds is 2. The fraction of sp³-hybridized carbons (Fsp3) is 0.0769. The van der Waals surface area contributed by atoms with Crippen molar-refractivity contribution >= 4 is 27.5 Å². The molecule has 2 aromatic carbocycles. The molecule has 0 spiro atoms. The third-order valence-electron chi connectivity index (χ3n) is 2.28. The average Bonchev–Trinajstić information content (AvgIpc) is 2.27. The van der Waals surface area contributed by atoms with Gasteiger partial charge in [0.1, 0.15) is 17.1 Å². The summed E-state index contributed by atoms with van der Waals surface area (Å²) in [6.45, 7) is 0. The van der Waals surface area contributed by atoms with Gasteiger partial charge < -0.3 is 4.74 Å². The SMILES string of the molecule is FC(F)(F)c1c(Br)cccc1Oc1cccc(Cl)c1. The van der Waals surface area contributed by atoms with Crippen LogP contribution >= 0.6 is 27.5 Å². The monoisotopic (exact) mass is 350 g/mol. The van der Waals surface area contributed by atoms with Gasteiger partial charge in [0.25, 0.3) is 0 Å². The Morgan fingerprint density at radius 2 is 1.74 bits per heavy atom. The van der Waals surface area contributed by atoms with Crippen LogP contribution in [0.1, 0.15) is 5.56 Å². The van der Waals surface area contributed by atoms with Crippen molar-refractivity contribution in [2.45, 2.75) is 6.18 Å². The van der Waals surface area contributed by atoms with Crippen molar-refractivity contribution in [1.82, 2.24) is 0 Å². The maximum Gasteiger partial charge on any atom is 0.421 e. The topological polar surface area (TPSA) is 9.23 Å². The Kier molecular flexibility index (Phi) is 4.06. The van der Waals surface area contributed by atoms with E-state index in [9.17, 15) is 13.2 Å². The number of benzene rings is 2. The quantitative estimate of drug-likeness (QED) is 0.653. The summed E-state index contributed by atoms with van der Waals surface area (Å²) in [6, 6.07) is 10.2. The van der Waals surface area contributed by atoms with Gasteiger partial charge in [0.05, 0.1) is 0 Å². The van der Waals surface area contributed by atoms with Gasteiger partial charge in [0, 0.05) is 9.50 Å². The van der Waals surface area contributed by atoms with Gasteiger partial charge in [-0.2, -0.15) is 13.2 Å². The molecule has 1 nitrogen and oxygen atoms in total. The van der Waals surface area contributed by atoms with Crippen molar-refractivity contribution in [3.63, 3.8) is 0 Å². The molecule has 0 fully saturated rings. The minimum atomic E-state index is -4.51. The van der Waals surface area contributed by atoms with Crippen LogP contribution in [0.3, 0.4) is 0 Å². The number of ether oxygens (including phenoxy) is 1. The van der Waals surface area contributed by atoms with E-state index in [0.717, 1.165) is 0 Å². The van der Waals surface area contributed by atoms with E-state index in [1.165, 1.54) is 30.3 Å². The van der Waals surface area contributed by atoms with Gasteiger partial charge in [0.15, 0.2) is 0 Å². The van der Waals surface area contributed by atoms with E-state index in [4.69, 9.17) is 16.3 Å². The standard InChI is InChI=1S/C13H7BrClF3O/c14-10-5-2-6-11(12(10)13(16,17)18)19-9-4-1-3-8(15)7-9/h1-7H. The number of halogens is 5. The van der Waals surface area contributed by atoms with Gasteiger partial charge in [-0.05, 0) is 30.3 Å². The van der Waals surface area contributed by atoms with Crippen molar-refractivity contribution in [2.24, 2.45) is 0 Å². The highest BCUT2D eigenvalue weighted by atomic mass is 79.9. The van der Waals surface area contributed by atoms with E-state index in [-0.39, 0.29) is 16.0 Å². The fourth-order valence-corrected chi connectivity index (χ4v) is 2.28. The maximum atomic E-state index is 13.0. The second kappa shape index (κ2) is 5.43. The van der Waals surface area contributed by atoms with Crippen LogP contribution in [-0.4, -0.2) is 0 Å². The molecule has 0 unspecified atom stereocenters. The lowest BCUT2D eigenvalue weighted by molar-refractivity contribution is -0.139. The number of hydrogen-bond donors (Lipinski definition) is 0. The highest BCUT2D eigenvalue weighted by Crippen LogP contribution is 2.42. The van der Waals surface area contributed by atoms with Crippen molar-refractivity contribution in [1.29, 1.82) is 0 Å². The van der Waals surface area contributed by atoms with Crippen molar-refractivity contribution in [3.05, 3.63) is 57.5 Å². The lowest BCUT2D eigenvalue weighted by atomic mass is 10.2. The summed E-state index contributed by atoms with van der Waals surface area (Å²) in [5.41, 5.74) is -0.852. The highest BCUT2D eigenvalue weighted by Gasteiger charge is 2.36. The fourth-order valence-electron chi connectivity index (χ4n) is 1.52. The van der Waals surface area contributed by atoms with Crippen LogP contribution in [0.2, 0.25) is 5.02 Å². The predicted octanol–water partition coefficient (Wildman–Crippen LogP) is 5.91. The Balaban J connectivity index is 2.43. The Labute approximate surface area is 121 Å². The van der Waals surface area contributed by atoms with Crippen LogP contribution in [0.4, 0.5) is 13.2 Å². The molecule has 0 saturated carbocycles. The van der Waals surface area contributed by atoms with Crippen LogP contribution in [0.5, 0.6) is 11.5 Å². The molecule has 6 heteroatoms. The van der Waals surface area contributed by atoms with Crippen LogP contribution in [0, 0.1) is 0 Å². The molecule has 0 aliphatic carbocycles. The molecule has 2 rings (SSSR count). The summed E-state index contributed by atoms with van der Waals surface area (Å²) in [5, 5.41) is 0.390. The van der Waals surface area contributed by atoms with E-state index in [0.29, 0.717) is 5.02 Å². The molecule has 19 heavy (non-hydrogen) atoms. The number of alkyl halides is 3. The van der Waals surface area contributed by atoms with E-state index < -0.39 is 11.7 Å². The van der Waals surface area contributed by atoms with Crippen LogP contribution in [-0.2, 0) is 6.18 Å². The van der Waals surface area contributed by atoms with Crippen molar-refractivity contribution < 1.29 is 17.9 Å². The summed E-state index contributed by atoms with van der Waals surface area (Å²) >= 11 is 8.65. The molecule has 2 aromatic rings. The third-order valence-corrected chi connectivity index (χ3v) is 3.18. The van der Waals surface area contributed by atoms with Crippen LogP contribution in [0.15, 0.2) is 46.9 Å². The molecular formula is C13H7BrClF3O. The first-order valence-electron chi connectivity index (χ1n) is 5.17. The zero-order valence-electron chi connectivity index (χ0n) is 9.34. The van der Waals surface area contributed by atoms with E-state index in [1.807, 2.05) is 0 Å². The molecule has 0 amide bonds. The van der Waals surface area contributed by atoms with E-state index in [1.54, 1.807) is 12.1 Å². The van der Waals surface area contributed by atoms with Gasteiger partial charge in [-0.1, -0.05) is 39.7 Å². The molecular weight excluding hydrogens is 344 g/mol. The summed E-state index contributed by atoms with van der Waals surface area (Å²) in [7, 11) is 0. The van der Waals surface area contributed by atoms with Crippen molar-refractivity contribution in [3.8, 4) is 11.5 Å². The molecule has 0 N–H and O–H groups in total. The summed E-state index contributed by atoms with van der Waals surface area (Å²) < 4.78 is 44.1. The molecule has 0 aliphatic rings. The second-order valence-corrected chi connectivity index (χ2v) is 4.96. The molecule has 0 radical (unpaired) electrons. The molecule has 0 aliphatic heterocycles. The normalized spacial score (nSPS) is 11.4. The lowest BCUT2D eigenvalue weighted by Gasteiger charge is -2.15. The van der Waals surface area contributed by atoms with Crippen LogP contribution < -0.4 is 4.74 Å². The molecule has 0 atom stereocenters. The van der Waals surface area contributed by atoms with Gasteiger partial charge in [-0.25, -0.2) is 0 Å². The molecule has 0 aromatic heterocycles. The summed E-state index contributed by atoms with van der Waals surface area (Å²) in [5.74, 6) is -0.0276. The summed E-state index contributed by atoms with van der Waals surface area (Å²) in [6.07, 6.45) is -4.51.